The van der Waals surface area contributed by atoms with E-state index >= 15 is 0 Å². The van der Waals surface area contributed by atoms with Crippen molar-refractivity contribution in [2.75, 3.05) is 13.2 Å². The number of fused-ring (bicyclic) bond motifs is 1. The highest BCUT2D eigenvalue weighted by atomic mass is 16.5. The van der Waals surface area contributed by atoms with Crippen molar-refractivity contribution in [1.29, 1.82) is 0 Å². The van der Waals surface area contributed by atoms with Crippen molar-refractivity contribution >= 4 is 5.52 Å². The number of aromatic hydroxyl groups is 1. The second-order valence-corrected chi connectivity index (χ2v) is 3.83. The Balaban J connectivity index is 2.15. The molecule has 0 aliphatic carbocycles. The van der Waals surface area contributed by atoms with Crippen molar-refractivity contribution in [3.63, 3.8) is 0 Å². The minimum Gasteiger partial charge on any atom is -0.506 e. The number of pyridine rings is 1. The van der Waals surface area contributed by atoms with E-state index in [1.54, 1.807) is 12.3 Å². The Morgan fingerprint density at radius 2 is 2.47 bits per heavy atom. The van der Waals surface area contributed by atoms with Crippen LogP contribution in [0.4, 0.5) is 0 Å². The summed E-state index contributed by atoms with van der Waals surface area (Å²) < 4.78 is 7.28. The van der Waals surface area contributed by atoms with Gasteiger partial charge in [0.2, 0.25) is 0 Å². The van der Waals surface area contributed by atoms with Crippen LogP contribution in [0.15, 0.2) is 24.5 Å². The van der Waals surface area contributed by atoms with Crippen molar-refractivity contribution in [1.82, 2.24) is 9.38 Å². The summed E-state index contributed by atoms with van der Waals surface area (Å²) in [6.45, 7) is 1.53. The minimum atomic E-state index is 0.273. The van der Waals surface area contributed by atoms with E-state index in [2.05, 4.69) is 4.98 Å². The molecule has 15 heavy (non-hydrogen) atoms. The molecule has 1 saturated heterocycles. The fraction of sp³-hybridized carbons (Fsp3) is 0.364. The molecule has 1 N–H and O–H groups in total. The summed E-state index contributed by atoms with van der Waals surface area (Å²) in [6.07, 6.45) is 4.65. The maximum absolute atomic E-state index is 9.64. The van der Waals surface area contributed by atoms with E-state index in [1.165, 1.54) is 0 Å². The van der Waals surface area contributed by atoms with Crippen LogP contribution in [-0.2, 0) is 4.74 Å². The van der Waals surface area contributed by atoms with Gasteiger partial charge in [0.15, 0.2) is 0 Å². The summed E-state index contributed by atoms with van der Waals surface area (Å²) in [5.74, 6) is 1.61. The Morgan fingerprint density at radius 1 is 1.53 bits per heavy atom. The van der Waals surface area contributed by atoms with Crippen LogP contribution < -0.4 is 0 Å². The Labute approximate surface area is 87.1 Å². The van der Waals surface area contributed by atoms with Gasteiger partial charge >= 0.3 is 0 Å². The third-order valence-corrected chi connectivity index (χ3v) is 2.87. The van der Waals surface area contributed by atoms with Gasteiger partial charge in [-0.3, -0.25) is 0 Å². The highest BCUT2D eigenvalue weighted by molar-refractivity contribution is 5.58. The van der Waals surface area contributed by atoms with Gasteiger partial charge in [0.25, 0.3) is 0 Å². The topological polar surface area (TPSA) is 46.8 Å². The third kappa shape index (κ3) is 1.29. The molecule has 0 saturated carbocycles. The van der Waals surface area contributed by atoms with E-state index in [0.717, 1.165) is 31.0 Å². The molecule has 4 heteroatoms. The van der Waals surface area contributed by atoms with E-state index in [4.69, 9.17) is 4.74 Å². The van der Waals surface area contributed by atoms with Crippen molar-refractivity contribution < 1.29 is 9.84 Å². The number of nitrogens with zero attached hydrogens (tertiary/aromatic N) is 2. The minimum absolute atomic E-state index is 0.273. The Morgan fingerprint density at radius 3 is 3.27 bits per heavy atom. The molecular weight excluding hydrogens is 192 g/mol. The summed E-state index contributed by atoms with van der Waals surface area (Å²) in [5, 5.41) is 9.64. The second kappa shape index (κ2) is 3.24. The van der Waals surface area contributed by atoms with Crippen molar-refractivity contribution in [2.24, 2.45) is 0 Å². The Hall–Kier alpha value is -1.55. The molecule has 4 nitrogen and oxygen atoms in total. The quantitative estimate of drug-likeness (QED) is 0.766. The molecular formula is C11H12N2O2. The first-order valence-electron chi connectivity index (χ1n) is 5.09. The van der Waals surface area contributed by atoms with Gasteiger partial charge in [0, 0.05) is 18.7 Å². The maximum atomic E-state index is 9.64. The molecule has 0 radical (unpaired) electrons. The number of hydrogen-bond acceptors (Lipinski definition) is 3. The number of ether oxygens (including phenoxy) is 1. The number of rotatable bonds is 1. The fourth-order valence-electron chi connectivity index (χ4n) is 2.07. The first kappa shape index (κ1) is 8.73. The number of aromatic nitrogens is 2. The van der Waals surface area contributed by atoms with E-state index in [0.29, 0.717) is 5.92 Å². The Kier molecular flexibility index (Phi) is 1.89. The van der Waals surface area contributed by atoms with Crippen LogP contribution in [0.25, 0.3) is 5.52 Å². The molecule has 2 aromatic rings. The van der Waals surface area contributed by atoms with E-state index in [1.807, 2.05) is 16.7 Å². The zero-order chi connectivity index (χ0) is 10.3. The number of imidazole rings is 1. The molecule has 2 aromatic heterocycles. The van der Waals surface area contributed by atoms with Gasteiger partial charge in [-0.05, 0) is 18.6 Å². The smallest absolute Gasteiger partial charge is 0.141 e. The van der Waals surface area contributed by atoms with E-state index in [9.17, 15) is 5.11 Å². The zero-order valence-electron chi connectivity index (χ0n) is 8.26. The lowest BCUT2D eigenvalue weighted by Gasteiger charge is -2.06. The predicted octanol–water partition coefficient (Wildman–Crippen LogP) is 1.54. The van der Waals surface area contributed by atoms with Crippen LogP contribution in [-0.4, -0.2) is 27.7 Å². The molecule has 1 aliphatic rings. The second-order valence-electron chi connectivity index (χ2n) is 3.83. The molecule has 1 unspecified atom stereocenters. The summed E-state index contributed by atoms with van der Waals surface area (Å²) in [5.41, 5.74) is 0.763. The van der Waals surface area contributed by atoms with Crippen LogP contribution in [0.5, 0.6) is 5.75 Å². The highest BCUT2D eigenvalue weighted by Gasteiger charge is 2.22. The van der Waals surface area contributed by atoms with Crippen LogP contribution in [0.2, 0.25) is 0 Å². The van der Waals surface area contributed by atoms with Gasteiger partial charge < -0.3 is 14.2 Å². The molecule has 1 atom stereocenters. The third-order valence-electron chi connectivity index (χ3n) is 2.87. The average Bonchev–Trinajstić information content (AvgIpc) is 2.85. The molecule has 0 spiro atoms. The van der Waals surface area contributed by atoms with Gasteiger partial charge in [-0.15, -0.1) is 0 Å². The van der Waals surface area contributed by atoms with Gasteiger partial charge in [0.1, 0.15) is 17.1 Å². The highest BCUT2D eigenvalue weighted by Crippen LogP contribution is 2.27. The zero-order valence-corrected chi connectivity index (χ0v) is 8.26. The monoisotopic (exact) mass is 204 g/mol. The SMILES string of the molecule is Oc1cccn2c(C3CCOC3)ncc12. The van der Waals surface area contributed by atoms with Crippen molar-refractivity contribution in [3.8, 4) is 5.75 Å². The number of hydrogen-bond donors (Lipinski definition) is 1. The summed E-state index contributed by atoms with van der Waals surface area (Å²) in [7, 11) is 0. The fourth-order valence-corrected chi connectivity index (χ4v) is 2.07. The van der Waals surface area contributed by atoms with E-state index < -0.39 is 0 Å². The molecule has 3 rings (SSSR count). The first-order valence-corrected chi connectivity index (χ1v) is 5.09. The average molecular weight is 204 g/mol. The summed E-state index contributed by atoms with van der Waals surface area (Å²) in [4.78, 5) is 4.36. The lowest BCUT2D eigenvalue weighted by Crippen LogP contribution is -2.03. The van der Waals surface area contributed by atoms with Gasteiger partial charge in [-0.25, -0.2) is 4.98 Å². The lowest BCUT2D eigenvalue weighted by atomic mass is 10.1. The Bertz CT molecular complexity index is 486. The summed E-state index contributed by atoms with van der Waals surface area (Å²) >= 11 is 0. The van der Waals surface area contributed by atoms with Crippen LogP contribution in [0.3, 0.4) is 0 Å². The lowest BCUT2D eigenvalue weighted by molar-refractivity contribution is 0.193. The normalized spacial score (nSPS) is 21.2. The molecule has 78 valence electrons. The van der Waals surface area contributed by atoms with Crippen LogP contribution >= 0.6 is 0 Å². The molecule has 0 bridgehead atoms. The van der Waals surface area contributed by atoms with E-state index in [-0.39, 0.29) is 5.75 Å². The van der Waals surface area contributed by atoms with Gasteiger partial charge in [0.05, 0.1) is 12.8 Å². The largest absolute Gasteiger partial charge is 0.506 e. The van der Waals surface area contributed by atoms with Gasteiger partial charge in [-0.1, -0.05) is 0 Å². The first-order chi connectivity index (χ1) is 7.36. The summed E-state index contributed by atoms with van der Waals surface area (Å²) in [6, 6.07) is 3.50. The molecule has 0 aromatic carbocycles. The molecule has 0 amide bonds. The maximum Gasteiger partial charge on any atom is 0.141 e. The molecule has 1 fully saturated rings. The predicted molar refractivity (Wildman–Crippen MR) is 55.0 cm³/mol. The molecule has 1 aliphatic heterocycles. The standard InChI is InChI=1S/C11H12N2O2/c14-10-2-1-4-13-9(10)6-12-11(13)8-3-5-15-7-8/h1-2,4,6,8,14H,3,5,7H2. The molecule has 3 heterocycles. The van der Waals surface area contributed by atoms with Crippen molar-refractivity contribution in [2.45, 2.75) is 12.3 Å². The van der Waals surface area contributed by atoms with Gasteiger partial charge in [-0.2, -0.15) is 0 Å². The van der Waals surface area contributed by atoms with Crippen LogP contribution in [0.1, 0.15) is 18.2 Å². The van der Waals surface area contributed by atoms with Crippen LogP contribution in [0, 0.1) is 0 Å². The van der Waals surface area contributed by atoms with Crippen molar-refractivity contribution in [3.05, 3.63) is 30.4 Å².